The average Bonchev–Trinajstić information content (AvgIpc) is 2.65. The van der Waals surface area contributed by atoms with Crippen LogP contribution < -0.4 is 20.1 Å². The summed E-state index contributed by atoms with van der Waals surface area (Å²) in [5.74, 6) is 0.749. The van der Waals surface area contributed by atoms with Crippen LogP contribution in [-0.4, -0.2) is 31.6 Å². The second-order valence-electron chi connectivity index (χ2n) is 8.52. The Labute approximate surface area is 189 Å². The lowest BCUT2D eigenvalue weighted by atomic mass is 10.1. The van der Waals surface area contributed by atoms with Crippen molar-refractivity contribution in [2.75, 3.05) is 11.9 Å². The molecular formula is C22H29N3O4S2. The first-order valence-corrected chi connectivity index (χ1v) is 11.7. The normalized spacial score (nSPS) is 11.8. The Morgan fingerprint density at radius 1 is 1.03 bits per heavy atom. The minimum Gasteiger partial charge on any atom is -0.493 e. The van der Waals surface area contributed by atoms with Gasteiger partial charge in [0.15, 0.2) is 5.11 Å². The maximum atomic E-state index is 12.4. The van der Waals surface area contributed by atoms with Gasteiger partial charge in [-0.3, -0.25) is 10.1 Å². The van der Waals surface area contributed by atoms with E-state index >= 15 is 0 Å². The minimum atomic E-state index is -3.62. The van der Waals surface area contributed by atoms with E-state index in [1.165, 1.54) is 12.1 Å². The molecule has 0 bridgehead atoms. The number of benzene rings is 2. The summed E-state index contributed by atoms with van der Waals surface area (Å²) in [4.78, 5) is 12.5. The van der Waals surface area contributed by atoms with Crippen molar-refractivity contribution in [1.82, 2.24) is 10.0 Å². The second kappa shape index (κ2) is 10.2. The van der Waals surface area contributed by atoms with Gasteiger partial charge in [-0.1, -0.05) is 13.8 Å². The van der Waals surface area contributed by atoms with Crippen molar-refractivity contribution in [2.45, 2.75) is 45.1 Å². The molecular weight excluding hydrogens is 434 g/mol. The maximum absolute atomic E-state index is 12.4. The Morgan fingerprint density at radius 2 is 1.61 bits per heavy atom. The second-order valence-corrected chi connectivity index (χ2v) is 10.6. The molecule has 0 saturated carbocycles. The molecule has 3 N–H and O–H groups in total. The van der Waals surface area contributed by atoms with Crippen LogP contribution in [-0.2, 0) is 10.0 Å². The van der Waals surface area contributed by atoms with Crippen LogP contribution in [0, 0.1) is 5.92 Å². The van der Waals surface area contributed by atoms with Crippen LogP contribution in [0.15, 0.2) is 53.4 Å². The molecule has 0 saturated heterocycles. The molecule has 9 heteroatoms. The highest BCUT2D eigenvalue weighted by atomic mass is 32.2. The van der Waals surface area contributed by atoms with Gasteiger partial charge in [0.1, 0.15) is 5.75 Å². The van der Waals surface area contributed by atoms with Gasteiger partial charge >= 0.3 is 0 Å². The number of amides is 1. The summed E-state index contributed by atoms with van der Waals surface area (Å²) in [6.45, 7) is 10.0. The lowest BCUT2D eigenvalue weighted by Gasteiger charge is -2.20. The van der Waals surface area contributed by atoms with Crippen molar-refractivity contribution >= 4 is 38.9 Å². The van der Waals surface area contributed by atoms with Crippen LogP contribution in [0.2, 0.25) is 0 Å². The molecule has 7 nitrogen and oxygen atoms in total. The molecule has 0 aromatic heterocycles. The van der Waals surface area contributed by atoms with Gasteiger partial charge in [0.05, 0.1) is 11.5 Å². The number of rotatable bonds is 7. The van der Waals surface area contributed by atoms with Gasteiger partial charge in [0.2, 0.25) is 10.0 Å². The number of hydrogen-bond acceptors (Lipinski definition) is 5. The summed E-state index contributed by atoms with van der Waals surface area (Å²) in [6, 6.07) is 12.9. The first kappa shape index (κ1) is 24.8. The number of ether oxygens (including phenoxy) is 1. The van der Waals surface area contributed by atoms with Crippen LogP contribution in [0.1, 0.15) is 45.0 Å². The molecule has 0 atom stereocenters. The highest BCUT2D eigenvalue weighted by Gasteiger charge is 2.21. The fourth-order valence-electron chi connectivity index (χ4n) is 2.48. The van der Waals surface area contributed by atoms with Gasteiger partial charge in [-0.05, 0) is 87.4 Å². The molecule has 1 amide bonds. The molecule has 0 aliphatic rings. The van der Waals surface area contributed by atoms with E-state index in [4.69, 9.17) is 17.0 Å². The van der Waals surface area contributed by atoms with Gasteiger partial charge in [-0.2, -0.15) is 0 Å². The molecule has 0 aliphatic heterocycles. The first-order chi connectivity index (χ1) is 14.4. The van der Waals surface area contributed by atoms with Crippen molar-refractivity contribution < 1.29 is 17.9 Å². The molecule has 0 aliphatic carbocycles. The van der Waals surface area contributed by atoms with Gasteiger partial charge in [-0.15, -0.1) is 0 Å². The summed E-state index contributed by atoms with van der Waals surface area (Å²) in [7, 11) is -3.62. The number of anilines is 1. The van der Waals surface area contributed by atoms with E-state index in [0.29, 0.717) is 29.5 Å². The van der Waals surface area contributed by atoms with Crippen molar-refractivity contribution in [2.24, 2.45) is 5.92 Å². The maximum Gasteiger partial charge on any atom is 0.257 e. The summed E-state index contributed by atoms with van der Waals surface area (Å²) in [5, 5.41) is 5.58. The molecule has 2 rings (SSSR count). The Bertz CT molecular complexity index is 1010. The summed E-state index contributed by atoms with van der Waals surface area (Å²) < 4.78 is 32.9. The average molecular weight is 464 g/mol. The van der Waals surface area contributed by atoms with E-state index in [1.54, 1.807) is 57.2 Å². The van der Waals surface area contributed by atoms with Crippen LogP contribution in [0.4, 0.5) is 5.69 Å². The van der Waals surface area contributed by atoms with E-state index in [-0.39, 0.29) is 15.9 Å². The van der Waals surface area contributed by atoms with E-state index in [1.807, 2.05) is 0 Å². The highest BCUT2D eigenvalue weighted by molar-refractivity contribution is 7.89. The van der Waals surface area contributed by atoms with Gasteiger partial charge < -0.3 is 10.1 Å². The molecule has 31 heavy (non-hydrogen) atoms. The number of nitrogens with one attached hydrogen (secondary N) is 3. The smallest absolute Gasteiger partial charge is 0.257 e. The predicted molar refractivity (Wildman–Crippen MR) is 127 cm³/mol. The van der Waals surface area contributed by atoms with Gasteiger partial charge in [-0.25, -0.2) is 13.1 Å². The number of carbonyl (C=O) groups is 1. The zero-order valence-corrected chi connectivity index (χ0v) is 20.0. The molecule has 2 aromatic carbocycles. The molecule has 0 spiro atoms. The van der Waals surface area contributed by atoms with Crippen molar-refractivity contribution in [3.8, 4) is 5.75 Å². The monoisotopic (exact) mass is 463 g/mol. The minimum absolute atomic E-state index is 0.105. The van der Waals surface area contributed by atoms with Crippen molar-refractivity contribution in [1.29, 1.82) is 0 Å². The van der Waals surface area contributed by atoms with Gasteiger partial charge in [0, 0.05) is 16.8 Å². The van der Waals surface area contributed by atoms with Gasteiger partial charge in [0.25, 0.3) is 5.91 Å². The number of thiocarbonyl (C=S) groups is 1. The standard InChI is InChI=1S/C22H29N3O4S2/c1-15(2)14-29-18-10-6-16(7-11-18)20(26)24-21(30)23-17-8-12-19(13-9-17)31(27,28)25-22(3,4)5/h6-13,15,25H,14H2,1-5H3,(H2,23,24,26,30). The molecule has 2 aromatic rings. The highest BCUT2D eigenvalue weighted by Crippen LogP contribution is 2.17. The fourth-order valence-corrected chi connectivity index (χ4v) is 4.11. The number of carbonyl (C=O) groups excluding carboxylic acids is 1. The molecule has 0 unspecified atom stereocenters. The Hall–Kier alpha value is -2.49. The first-order valence-electron chi connectivity index (χ1n) is 9.85. The summed E-state index contributed by atoms with van der Waals surface area (Å²) in [6.07, 6.45) is 0. The van der Waals surface area contributed by atoms with Crippen LogP contribution >= 0.6 is 12.2 Å². The topological polar surface area (TPSA) is 96.5 Å². The van der Waals surface area contributed by atoms with Crippen LogP contribution in [0.25, 0.3) is 0 Å². The molecule has 168 valence electrons. The van der Waals surface area contributed by atoms with Crippen molar-refractivity contribution in [3.05, 3.63) is 54.1 Å². The third-order valence-electron chi connectivity index (χ3n) is 3.79. The van der Waals surface area contributed by atoms with Crippen molar-refractivity contribution in [3.63, 3.8) is 0 Å². The predicted octanol–water partition coefficient (Wildman–Crippen LogP) is 3.93. The zero-order valence-electron chi connectivity index (χ0n) is 18.4. The number of hydrogen-bond donors (Lipinski definition) is 3. The Balaban J connectivity index is 1.94. The Kier molecular flexibility index (Phi) is 8.16. The Morgan fingerprint density at radius 3 is 2.13 bits per heavy atom. The lowest BCUT2D eigenvalue weighted by molar-refractivity contribution is 0.0977. The lowest BCUT2D eigenvalue weighted by Crippen LogP contribution is -2.40. The summed E-state index contributed by atoms with van der Waals surface area (Å²) in [5.41, 5.74) is 0.411. The largest absolute Gasteiger partial charge is 0.493 e. The molecule has 0 radical (unpaired) electrons. The SMILES string of the molecule is CC(C)COc1ccc(C(=O)NC(=S)Nc2ccc(S(=O)(=O)NC(C)(C)C)cc2)cc1. The molecule has 0 fully saturated rings. The quantitative estimate of drug-likeness (QED) is 0.539. The third kappa shape index (κ3) is 8.28. The van der Waals surface area contributed by atoms with Crippen LogP contribution in [0.5, 0.6) is 5.75 Å². The van der Waals surface area contributed by atoms with Crippen LogP contribution in [0.3, 0.4) is 0 Å². The van der Waals surface area contributed by atoms with E-state index in [9.17, 15) is 13.2 Å². The number of sulfonamides is 1. The van der Waals surface area contributed by atoms with E-state index in [2.05, 4.69) is 29.2 Å². The fraction of sp³-hybridized carbons (Fsp3) is 0.364. The zero-order chi connectivity index (χ0) is 23.2. The van der Waals surface area contributed by atoms with E-state index in [0.717, 1.165) is 0 Å². The molecule has 0 heterocycles. The van der Waals surface area contributed by atoms with E-state index < -0.39 is 15.6 Å². The summed E-state index contributed by atoms with van der Waals surface area (Å²) >= 11 is 5.19. The third-order valence-corrected chi connectivity index (χ3v) is 5.77.